The molecular weight excluding hydrogens is 278 g/mol. The Kier molecular flexibility index (Phi) is 4.19. The van der Waals surface area contributed by atoms with Crippen molar-refractivity contribution < 1.29 is 14.3 Å². The average molecular weight is 293 g/mol. The monoisotopic (exact) mass is 293 g/mol. The first-order valence-electron chi connectivity index (χ1n) is 5.98. The van der Waals surface area contributed by atoms with Crippen molar-refractivity contribution in [1.29, 1.82) is 0 Å². The SMILES string of the molecule is COC(=O)c1cc(C)sc1NC(=O)Cn1nccc1C. The van der Waals surface area contributed by atoms with Gasteiger partial charge in [0.1, 0.15) is 11.5 Å². The number of aromatic nitrogens is 2. The number of aryl methyl sites for hydroxylation is 2. The zero-order valence-corrected chi connectivity index (χ0v) is 12.3. The summed E-state index contributed by atoms with van der Waals surface area (Å²) >= 11 is 1.34. The van der Waals surface area contributed by atoms with Crippen molar-refractivity contribution in [3.63, 3.8) is 0 Å². The van der Waals surface area contributed by atoms with Crippen molar-refractivity contribution >= 4 is 28.2 Å². The Balaban J connectivity index is 2.12. The molecule has 0 aliphatic rings. The van der Waals surface area contributed by atoms with Crippen LogP contribution in [0.5, 0.6) is 0 Å². The number of rotatable bonds is 4. The van der Waals surface area contributed by atoms with Crippen molar-refractivity contribution in [2.75, 3.05) is 12.4 Å². The number of methoxy groups -OCH3 is 1. The molecule has 0 fully saturated rings. The van der Waals surface area contributed by atoms with E-state index in [0.717, 1.165) is 10.6 Å². The molecule has 0 radical (unpaired) electrons. The third-order valence-electron chi connectivity index (χ3n) is 2.74. The lowest BCUT2D eigenvalue weighted by Gasteiger charge is -2.06. The number of carbonyl (C=O) groups is 2. The second kappa shape index (κ2) is 5.87. The summed E-state index contributed by atoms with van der Waals surface area (Å²) in [5.41, 5.74) is 1.27. The summed E-state index contributed by atoms with van der Waals surface area (Å²) in [6.07, 6.45) is 1.64. The van der Waals surface area contributed by atoms with Crippen molar-refractivity contribution in [2.45, 2.75) is 20.4 Å². The summed E-state index contributed by atoms with van der Waals surface area (Å²) < 4.78 is 6.29. The topological polar surface area (TPSA) is 73.2 Å². The van der Waals surface area contributed by atoms with Gasteiger partial charge in [-0.25, -0.2) is 4.79 Å². The van der Waals surface area contributed by atoms with Gasteiger partial charge in [-0.2, -0.15) is 5.10 Å². The first-order valence-corrected chi connectivity index (χ1v) is 6.80. The maximum Gasteiger partial charge on any atom is 0.340 e. The Morgan fingerprint density at radius 2 is 2.20 bits per heavy atom. The molecule has 1 amide bonds. The van der Waals surface area contributed by atoms with Crippen LogP contribution in [0.3, 0.4) is 0 Å². The van der Waals surface area contributed by atoms with Gasteiger partial charge in [0.2, 0.25) is 5.91 Å². The van der Waals surface area contributed by atoms with Gasteiger partial charge in [-0.15, -0.1) is 11.3 Å². The lowest BCUT2D eigenvalue weighted by Crippen LogP contribution is -2.20. The van der Waals surface area contributed by atoms with Crippen molar-refractivity contribution in [3.05, 3.63) is 34.5 Å². The summed E-state index contributed by atoms with van der Waals surface area (Å²) in [5.74, 6) is -0.691. The molecule has 0 saturated carbocycles. The molecule has 0 aliphatic heterocycles. The van der Waals surface area contributed by atoms with Gasteiger partial charge in [-0.1, -0.05) is 0 Å². The number of thiophene rings is 1. The fourth-order valence-corrected chi connectivity index (χ4v) is 2.65. The molecule has 20 heavy (non-hydrogen) atoms. The highest BCUT2D eigenvalue weighted by atomic mass is 32.1. The van der Waals surface area contributed by atoms with E-state index in [2.05, 4.69) is 10.4 Å². The highest BCUT2D eigenvalue weighted by Gasteiger charge is 2.17. The quantitative estimate of drug-likeness (QED) is 0.875. The number of hydrogen-bond acceptors (Lipinski definition) is 5. The average Bonchev–Trinajstić information content (AvgIpc) is 2.95. The third-order valence-corrected chi connectivity index (χ3v) is 3.70. The Hall–Kier alpha value is -2.15. The molecule has 0 aromatic carbocycles. The van der Waals surface area contributed by atoms with Gasteiger partial charge >= 0.3 is 5.97 Å². The van der Waals surface area contributed by atoms with Crippen LogP contribution in [0.1, 0.15) is 20.9 Å². The molecule has 0 spiro atoms. The predicted octanol–water partition coefficient (Wildman–Crippen LogP) is 1.99. The minimum atomic E-state index is -0.458. The lowest BCUT2D eigenvalue weighted by molar-refractivity contribution is -0.116. The summed E-state index contributed by atoms with van der Waals surface area (Å²) in [4.78, 5) is 24.5. The zero-order valence-electron chi connectivity index (χ0n) is 11.5. The van der Waals surface area contributed by atoms with E-state index in [9.17, 15) is 9.59 Å². The number of anilines is 1. The minimum Gasteiger partial charge on any atom is -0.465 e. The molecule has 2 aromatic heterocycles. The van der Waals surface area contributed by atoms with Gasteiger partial charge in [0, 0.05) is 16.8 Å². The highest BCUT2D eigenvalue weighted by molar-refractivity contribution is 7.16. The molecule has 0 saturated heterocycles. The summed E-state index contributed by atoms with van der Waals surface area (Å²) in [5, 5.41) is 7.28. The Bertz CT molecular complexity index is 645. The number of nitrogens with one attached hydrogen (secondary N) is 1. The van der Waals surface area contributed by atoms with E-state index < -0.39 is 5.97 Å². The minimum absolute atomic E-state index is 0.108. The second-order valence-corrected chi connectivity index (χ2v) is 5.53. The Morgan fingerprint density at radius 3 is 2.80 bits per heavy atom. The van der Waals surface area contributed by atoms with Crippen molar-refractivity contribution in [3.8, 4) is 0 Å². The fraction of sp³-hybridized carbons (Fsp3) is 0.308. The van der Waals surface area contributed by atoms with Gasteiger partial charge in [-0.05, 0) is 26.0 Å². The maximum atomic E-state index is 12.0. The summed E-state index contributed by atoms with van der Waals surface area (Å²) in [6, 6.07) is 3.52. The molecule has 0 atom stereocenters. The molecule has 0 aliphatic carbocycles. The fourth-order valence-electron chi connectivity index (χ4n) is 1.74. The van der Waals surface area contributed by atoms with Crippen LogP contribution in [0, 0.1) is 13.8 Å². The third kappa shape index (κ3) is 3.05. The molecule has 6 nitrogen and oxygen atoms in total. The smallest absolute Gasteiger partial charge is 0.340 e. The van der Waals surface area contributed by atoms with Crippen LogP contribution in [-0.4, -0.2) is 28.8 Å². The van der Waals surface area contributed by atoms with Crippen molar-refractivity contribution in [1.82, 2.24) is 9.78 Å². The standard InChI is InChI=1S/C13H15N3O3S/c1-8-4-5-14-16(8)7-11(17)15-12-10(13(18)19-3)6-9(2)20-12/h4-6H,7H2,1-3H3,(H,15,17). The first kappa shape index (κ1) is 14.3. The zero-order chi connectivity index (χ0) is 14.7. The summed E-state index contributed by atoms with van der Waals surface area (Å²) in [6.45, 7) is 3.84. The van der Waals surface area contributed by atoms with E-state index in [0.29, 0.717) is 10.6 Å². The second-order valence-electron chi connectivity index (χ2n) is 4.27. The molecular formula is C13H15N3O3S. The van der Waals surface area contributed by atoms with Crippen LogP contribution >= 0.6 is 11.3 Å². The molecule has 7 heteroatoms. The first-order chi connectivity index (χ1) is 9.51. The predicted molar refractivity (Wildman–Crippen MR) is 76.0 cm³/mol. The van der Waals surface area contributed by atoms with Crippen LogP contribution < -0.4 is 5.32 Å². The van der Waals surface area contributed by atoms with E-state index in [1.54, 1.807) is 16.9 Å². The highest BCUT2D eigenvalue weighted by Crippen LogP contribution is 2.28. The van der Waals surface area contributed by atoms with Crippen molar-refractivity contribution in [2.24, 2.45) is 0 Å². The Labute approximate surface area is 120 Å². The number of nitrogens with zero attached hydrogens (tertiary/aromatic N) is 2. The normalized spacial score (nSPS) is 10.3. The van der Waals surface area contributed by atoms with Gasteiger partial charge in [0.15, 0.2) is 0 Å². The molecule has 2 aromatic rings. The van der Waals surface area contributed by atoms with E-state index in [1.165, 1.54) is 18.4 Å². The molecule has 2 heterocycles. The van der Waals surface area contributed by atoms with Gasteiger partial charge in [0.25, 0.3) is 0 Å². The van der Waals surface area contributed by atoms with Crippen LogP contribution in [0.4, 0.5) is 5.00 Å². The Morgan fingerprint density at radius 1 is 1.45 bits per heavy atom. The van der Waals surface area contributed by atoms with Crippen LogP contribution in [-0.2, 0) is 16.1 Å². The number of esters is 1. The number of carbonyl (C=O) groups excluding carboxylic acids is 2. The maximum absolute atomic E-state index is 12.0. The molecule has 0 unspecified atom stereocenters. The van der Waals surface area contributed by atoms with Gasteiger partial charge in [0.05, 0.1) is 12.7 Å². The molecule has 2 rings (SSSR count). The molecule has 106 valence electrons. The van der Waals surface area contributed by atoms with Crippen LogP contribution in [0.25, 0.3) is 0 Å². The van der Waals surface area contributed by atoms with E-state index in [1.807, 2.05) is 19.9 Å². The van der Waals surface area contributed by atoms with Crippen LogP contribution in [0.2, 0.25) is 0 Å². The molecule has 0 bridgehead atoms. The summed E-state index contributed by atoms with van der Waals surface area (Å²) in [7, 11) is 1.31. The van der Waals surface area contributed by atoms with E-state index in [4.69, 9.17) is 4.74 Å². The number of ether oxygens (including phenoxy) is 1. The van der Waals surface area contributed by atoms with E-state index in [-0.39, 0.29) is 12.5 Å². The van der Waals surface area contributed by atoms with Gasteiger partial charge < -0.3 is 10.1 Å². The number of hydrogen-bond donors (Lipinski definition) is 1. The number of amides is 1. The van der Waals surface area contributed by atoms with Crippen LogP contribution in [0.15, 0.2) is 18.3 Å². The largest absolute Gasteiger partial charge is 0.465 e. The lowest BCUT2D eigenvalue weighted by atomic mass is 10.3. The van der Waals surface area contributed by atoms with Gasteiger partial charge in [-0.3, -0.25) is 9.48 Å². The van der Waals surface area contributed by atoms with E-state index >= 15 is 0 Å². The molecule has 1 N–H and O–H groups in total.